The zero-order chi connectivity index (χ0) is 12.3. The number of nitrogens with one attached hydrogen (secondary N) is 1. The van der Waals surface area contributed by atoms with Gasteiger partial charge in [0.25, 0.3) is 0 Å². The lowest BCUT2D eigenvalue weighted by Crippen LogP contribution is -2.24. The van der Waals surface area contributed by atoms with Crippen molar-refractivity contribution in [3.05, 3.63) is 10.0 Å². The zero-order valence-electron chi connectivity index (χ0n) is 9.88. The maximum atomic E-state index is 13.3. The van der Waals surface area contributed by atoms with E-state index in [1.54, 1.807) is 0 Å². The highest BCUT2D eigenvalue weighted by Gasteiger charge is 2.38. The van der Waals surface area contributed by atoms with Crippen LogP contribution < -0.4 is 5.32 Å². The summed E-state index contributed by atoms with van der Waals surface area (Å²) in [7, 11) is 1.88. The fraction of sp³-hybridized carbons (Fsp3) is 0.818. The zero-order valence-corrected chi connectivity index (χ0v) is 10.7. The van der Waals surface area contributed by atoms with Crippen molar-refractivity contribution in [1.29, 1.82) is 0 Å². The normalized spacial score (nSPS) is 23.8. The van der Waals surface area contributed by atoms with Gasteiger partial charge in [0, 0.05) is 31.7 Å². The number of nitrogens with zero attached hydrogens (tertiary/aromatic N) is 2. The van der Waals surface area contributed by atoms with E-state index in [4.69, 9.17) is 0 Å². The van der Waals surface area contributed by atoms with Gasteiger partial charge in [0.15, 0.2) is 0 Å². The second-order valence-electron chi connectivity index (χ2n) is 4.54. The number of hydrogen-bond acceptors (Lipinski definition) is 4. The van der Waals surface area contributed by atoms with E-state index >= 15 is 0 Å². The molecular weight excluding hydrogens is 244 g/mol. The molecule has 1 aliphatic rings. The highest BCUT2D eigenvalue weighted by atomic mass is 32.1. The Balaban J connectivity index is 1.99. The van der Waals surface area contributed by atoms with Gasteiger partial charge < -0.3 is 5.32 Å². The molecule has 1 heterocycles. The van der Waals surface area contributed by atoms with Crippen LogP contribution in [-0.2, 0) is 6.42 Å². The molecule has 1 aromatic heterocycles. The Hall–Kier alpha value is -0.620. The summed E-state index contributed by atoms with van der Waals surface area (Å²) < 4.78 is 26.6. The lowest BCUT2D eigenvalue weighted by atomic mass is 9.87. The SMILES string of the molecule is CNCCc1nnc(C2CCCC(F)(F)C2)s1. The third-order valence-corrected chi connectivity index (χ3v) is 4.21. The van der Waals surface area contributed by atoms with Gasteiger partial charge >= 0.3 is 0 Å². The monoisotopic (exact) mass is 261 g/mol. The van der Waals surface area contributed by atoms with Crippen molar-refractivity contribution in [3.63, 3.8) is 0 Å². The quantitative estimate of drug-likeness (QED) is 0.905. The molecule has 1 aromatic rings. The number of aromatic nitrogens is 2. The molecule has 0 aromatic carbocycles. The predicted molar refractivity (Wildman–Crippen MR) is 63.7 cm³/mol. The lowest BCUT2D eigenvalue weighted by molar-refractivity contribution is -0.0408. The highest BCUT2D eigenvalue weighted by molar-refractivity contribution is 7.11. The molecule has 1 N–H and O–H groups in total. The van der Waals surface area contributed by atoms with Crippen LogP contribution in [-0.4, -0.2) is 29.7 Å². The summed E-state index contributed by atoms with van der Waals surface area (Å²) >= 11 is 1.48. The van der Waals surface area contributed by atoms with Crippen molar-refractivity contribution >= 4 is 11.3 Å². The largest absolute Gasteiger partial charge is 0.319 e. The standard InChI is InChI=1S/C11H17F2N3S/c1-14-6-4-9-15-16-10(17-9)8-3-2-5-11(12,13)7-8/h8,14H,2-7H2,1H3. The number of halogens is 2. The van der Waals surface area contributed by atoms with Gasteiger partial charge in [-0.1, -0.05) is 0 Å². The first-order chi connectivity index (χ1) is 8.11. The van der Waals surface area contributed by atoms with Crippen LogP contribution in [0.4, 0.5) is 8.78 Å². The number of rotatable bonds is 4. The van der Waals surface area contributed by atoms with Crippen molar-refractivity contribution in [2.45, 2.75) is 43.9 Å². The third kappa shape index (κ3) is 3.42. The second kappa shape index (κ2) is 5.35. The minimum atomic E-state index is -2.51. The molecule has 1 saturated carbocycles. The van der Waals surface area contributed by atoms with Crippen LogP contribution in [0.2, 0.25) is 0 Å². The first-order valence-electron chi connectivity index (χ1n) is 5.95. The third-order valence-electron chi connectivity index (χ3n) is 3.06. The van der Waals surface area contributed by atoms with Crippen molar-refractivity contribution in [3.8, 4) is 0 Å². The van der Waals surface area contributed by atoms with E-state index in [1.165, 1.54) is 11.3 Å². The molecule has 96 valence electrons. The summed E-state index contributed by atoms with van der Waals surface area (Å²) in [5.74, 6) is -2.61. The summed E-state index contributed by atoms with van der Waals surface area (Å²) in [6.45, 7) is 0.843. The Kier molecular flexibility index (Phi) is 4.04. The van der Waals surface area contributed by atoms with E-state index in [1.807, 2.05) is 7.05 Å². The fourth-order valence-corrected chi connectivity index (χ4v) is 3.12. The minimum absolute atomic E-state index is 0.0227. The molecule has 2 rings (SSSR count). The van der Waals surface area contributed by atoms with Crippen molar-refractivity contribution in [1.82, 2.24) is 15.5 Å². The predicted octanol–water partition coefficient (Wildman–Crippen LogP) is 2.59. The molecule has 1 fully saturated rings. The van der Waals surface area contributed by atoms with Gasteiger partial charge in [0.1, 0.15) is 10.0 Å². The molecular formula is C11H17F2N3S. The Bertz CT molecular complexity index is 367. The van der Waals surface area contributed by atoms with Crippen LogP contribution in [0.1, 0.15) is 41.6 Å². The molecule has 0 saturated heterocycles. The van der Waals surface area contributed by atoms with Gasteiger partial charge in [0.05, 0.1) is 0 Å². The summed E-state index contributed by atoms with van der Waals surface area (Å²) in [5.41, 5.74) is 0. The van der Waals surface area contributed by atoms with E-state index in [0.717, 1.165) is 29.4 Å². The molecule has 0 amide bonds. The van der Waals surface area contributed by atoms with Crippen molar-refractivity contribution in [2.75, 3.05) is 13.6 Å². The summed E-state index contributed by atoms with van der Waals surface area (Å²) in [6.07, 6.45) is 2.18. The van der Waals surface area contributed by atoms with Crippen LogP contribution >= 0.6 is 11.3 Å². The first-order valence-corrected chi connectivity index (χ1v) is 6.77. The molecule has 3 nitrogen and oxygen atoms in total. The second-order valence-corrected chi connectivity index (χ2v) is 5.63. The van der Waals surface area contributed by atoms with Gasteiger partial charge in [-0.3, -0.25) is 0 Å². The average molecular weight is 261 g/mol. The summed E-state index contributed by atoms with van der Waals surface area (Å²) in [6, 6.07) is 0. The topological polar surface area (TPSA) is 37.8 Å². The smallest absolute Gasteiger partial charge is 0.248 e. The molecule has 6 heteroatoms. The van der Waals surface area contributed by atoms with Gasteiger partial charge in [-0.05, 0) is 19.9 Å². The van der Waals surface area contributed by atoms with Gasteiger partial charge in [0.2, 0.25) is 5.92 Å². The van der Waals surface area contributed by atoms with Gasteiger partial charge in [-0.15, -0.1) is 21.5 Å². The molecule has 1 unspecified atom stereocenters. The first kappa shape index (κ1) is 12.8. The van der Waals surface area contributed by atoms with E-state index in [-0.39, 0.29) is 18.8 Å². The minimum Gasteiger partial charge on any atom is -0.319 e. The summed E-state index contributed by atoms with van der Waals surface area (Å²) in [4.78, 5) is 0. The molecule has 1 atom stereocenters. The molecule has 0 radical (unpaired) electrons. The molecule has 1 aliphatic carbocycles. The van der Waals surface area contributed by atoms with Gasteiger partial charge in [-0.25, -0.2) is 8.78 Å². The average Bonchev–Trinajstić information content (AvgIpc) is 2.73. The van der Waals surface area contributed by atoms with Gasteiger partial charge in [-0.2, -0.15) is 0 Å². The van der Waals surface area contributed by atoms with Crippen LogP contribution in [0.25, 0.3) is 0 Å². The van der Waals surface area contributed by atoms with E-state index in [2.05, 4.69) is 15.5 Å². The molecule has 0 aliphatic heterocycles. The summed E-state index contributed by atoms with van der Waals surface area (Å²) in [5, 5.41) is 12.9. The number of hydrogen-bond donors (Lipinski definition) is 1. The van der Waals surface area contributed by atoms with Crippen LogP contribution in [0.3, 0.4) is 0 Å². The van der Waals surface area contributed by atoms with E-state index in [0.29, 0.717) is 6.42 Å². The maximum absolute atomic E-state index is 13.3. The van der Waals surface area contributed by atoms with Crippen LogP contribution in [0.15, 0.2) is 0 Å². The highest BCUT2D eigenvalue weighted by Crippen LogP contribution is 2.42. The number of likely N-dealkylation sites (N-methyl/N-ethyl adjacent to an activating group) is 1. The van der Waals surface area contributed by atoms with Crippen LogP contribution in [0, 0.1) is 0 Å². The lowest BCUT2D eigenvalue weighted by Gasteiger charge is -2.27. The van der Waals surface area contributed by atoms with Crippen LogP contribution in [0.5, 0.6) is 0 Å². The molecule has 0 bridgehead atoms. The molecule has 17 heavy (non-hydrogen) atoms. The Morgan fingerprint density at radius 3 is 3.00 bits per heavy atom. The van der Waals surface area contributed by atoms with E-state index in [9.17, 15) is 8.78 Å². The van der Waals surface area contributed by atoms with E-state index < -0.39 is 5.92 Å². The molecule has 0 spiro atoms. The Morgan fingerprint density at radius 1 is 1.47 bits per heavy atom. The fourth-order valence-electron chi connectivity index (χ4n) is 2.15. The maximum Gasteiger partial charge on any atom is 0.248 e. The Morgan fingerprint density at radius 2 is 2.29 bits per heavy atom. The van der Waals surface area contributed by atoms with Crippen molar-refractivity contribution in [2.24, 2.45) is 0 Å². The number of alkyl halides is 2. The Labute approximate surface area is 104 Å². The van der Waals surface area contributed by atoms with Crippen molar-refractivity contribution < 1.29 is 8.78 Å².